The molecule has 2 saturated heterocycles. The third kappa shape index (κ3) is 4.21. The van der Waals surface area contributed by atoms with E-state index in [9.17, 15) is 9.59 Å². The molecule has 26 heavy (non-hydrogen) atoms. The van der Waals surface area contributed by atoms with Crippen LogP contribution in [0.15, 0.2) is 36.9 Å². The summed E-state index contributed by atoms with van der Waals surface area (Å²) in [7, 11) is 0. The third-order valence-electron chi connectivity index (χ3n) is 5.49. The fourth-order valence-corrected chi connectivity index (χ4v) is 4.03. The number of benzene rings is 1. The van der Waals surface area contributed by atoms with Crippen LogP contribution in [0, 0.1) is 5.41 Å². The number of piperidine rings is 2. The van der Waals surface area contributed by atoms with Gasteiger partial charge in [-0.05, 0) is 30.7 Å². The van der Waals surface area contributed by atoms with Gasteiger partial charge in [-0.15, -0.1) is 6.58 Å². The first-order chi connectivity index (χ1) is 12.5. The van der Waals surface area contributed by atoms with Gasteiger partial charge in [-0.25, -0.2) is 4.79 Å². The molecule has 0 aromatic heterocycles. The monoisotopic (exact) mass is 376 g/mol. The van der Waals surface area contributed by atoms with Crippen molar-refractivity contribution in [3.05, 3.63) is 47.5 Å². The van der Waals surface area contributed by atoms with Crippen molar-refractivity contribution in [1.29, 1.82) is 0 Å². The van der Waals surface area contributed by atoms with Gasteiger partial charge >= 0.3 is 6.09 Å². The molecule has 0 N–H and O–H groups in total. The molecule has 0 atom stereocenters. The molecule has 2 heterocycles. The number of carbonyl (C=O) groups excluding carboxylic acids is 2. The molecule has 2 fully saturated rings. The summed E-state index contributed by atoms with van der Waals surface area (Å²) in [6.45, 7) is 6.61. The second-order valence-electron chi connectivity index (χ2n) is 7.20. The van der Waals surface area contributed by atoms with Gasteiger partial charge in [-0.2, -0.15) is 0 Å². The molecule has 2 aliphatic rings. The Hall–Kier alpha value is -2.01. The zero-order chi connectivity index (χ0) is 18.6. The molecule has 140 valence electrons. The molecule has 1 aromatic carbocycles. The summed E-state index contributed by atoms with van der Waals surface area (Å²) in [6, 6.07) is 7.37. The predicted molar refractivity (Wildman–Crippen MR) is 101 cm³/mol. The lowest BCUT2D eigenvalue weighted by molar-refractivity contribution is -0.138. The van der Waals surface area contributed by atoms with E-state index in [1.165, 1.54) is 0 Å². The van der Waals surface area contributed by atoms with Crippen LogP contribution in [0.2, 0.25) is 5.02 Å². The number of carbonyl (C=O) groups is 2. The van der Waals surface area contributed by atoms with E-state index >= 15 is 0 Å². The molecule has 6 heteroatoms. The Kier molecular flexibility index (Phi) is 5.87. The van der Waals surface area contributed by atoms with Crippen molar-refractivity contribution in [1.82, 2.24) is 9.80 Å². The van der Waals surface area contributed by atoms with Crippen molar-refractivity contribution in [2.45, 2.75) is 32.3 Å². The largest absolute Gasteiger partial charge is 0.444 e. The first-order valence-electron chi connectivity index (χ1n) is 9.07. The van der Waals surface area contributed by atoms with Crippen molar-refractivity contribution >= 4 is 23.6 Å². The summed E-state index contributed by atoms with van der Waals surface area (Å²) < 4.78 is 5.43. The Morgan fingerprint density at radius 2 is 2.00 bits per heavy atom. The molecule has 0 unspecified atom stereocenters. The third-order valence-corrected chi connectivity index (χ3v) is 5.86. The van der Waals surface area contributed by atoms with E-state index in [4.69, 9.17) is 16.3 Å². The zero-order valence-electron chi connectivity index (χ0n) is 15.0. The van der Waals surface area contributed by atoms with Gasteiger partial charge < -0.3 is 14.5 Å². The average molecular weight is 377 g/mol. The fourth-order valence-electron chi connectivity index (χ4n) is 3.84. The van der Waals surface area contributed by atoms with Crippen LogP contribution in [0.25, 0.3) is 0 Å². The maximum absolute atomic E-state index is 12.4. The molecule has 2 aliphatic heterocycles. The normalized spacial score (nSPS) is 19.5. The summed E-state index contributed by atoms with van der Waals surface area (Å²) >= 11 is 6.10. The summed E-state index contributed by atoms with van der Waals surface area (Å²) in [6.07, 6.45) is 4.77. The summed E-state index contributed by atoms with van der Waals surface area (Å²) in [5.74, 6) is 0.206. The lowest BCUT2D eigenvalue weighted by Gasteiger charge is -2.47. The summed E-state index contributed by atoms with van der Waals surface area (Å²) in [5.41, 5.74) is 0.929. The number of hydrogen-bond acceptors (Lipinski definition) is 3. The van der Waals surface area contributed by atoms with Gasteiger partial charge in [-0.1, -0.05) is 35.9 Å². The quantitative estimate of drug-likeness (QED) is 0.749. The number of nitrogens with zero attached hydrogens (tertiary/aromatic N) is 2. The van der Waals surface area contributed by atoms with Crippen LogP contribution in [-0.2, 0) is 16.1 Å². The Labute approximate surface area is 159 Å². The van der Waals surface area contributed by atoms with E-state index in [2.05, 4.69) is 6.58 Å². The topological polar surface area (TPSA) is 49.9 Å². The van der Waals surface area contributed by atoms with E-state index < -0.39 is 0 Å². The first-order valence-corrected chi connectivity index (χ1v) is 9.45. The maximum atomic E-state index is 12.4. The molecule has 1 spiro atoms. The van der Waals surface area contributed by atoms with Gasteiger partial charge in [0.15, 0.2) is 0 Å². The van der Waals surface area contributed by atoms with Crippen LogP contribution in [-0.4, -0.2) is 48.0 Å². The first kappa shape index (κ1) is 18.8. The van der Waals surface area contributed by atoms with Crippen molar-refractivity contribution in [2.75, 3.05) is 26.2 Å². The minimum Gasteiger partial charge on any atom is -0.444 e. The minimum atomic E-state index is -0.297. The fraction of sp³-hybridized carbons (Fsp3) is 0.500. The van der Waals surface area contributed by atoms with E-state index in [-0.39, 0.29) is 24.0 Å². The van der Waals surface area contributed by atoms with Crippen LogP contribution in [0.4, 0.5) is 4.79 Å². The Morgan fingerprint density at radius 3 is 2.69 bits per heavy atom. The lowest BCUT2D eigenvalue weighted by atomic mass is 9.72. The minimum absolute atomic E-state index is 0.121. The molecular weight excluding hydrogens is 352 g/mol. The van der Waals surface area contributed by atoms with Crippen LogP contribution in [0.5, 0.6) is 0 Å². The van der Waals surface area contributed by atoms with Crippen molar-refractivity contribution in [3.8, 4) is 0 Å². The number of halogens is 1. The molecule has 0 saturated carbocycles. The Morgan fingerprint density at radius 1 is 1.27 bits per heavy atom. The highest BCUT2D eigenvalue weighted by Crippen LogP contribution is 2.40. The summed E-state index contributed by atoms with van der Waals surface area (Å²) in [4.78, 5) is 28.0. The van der Waals surface area contributed by atoms with Crippen molar-refractivity contribution < 1.29 is 14.3 Å². The van der Waals surface area contributed by atoms with E-state index in [0.29, 0.717) is 31.1 Å². The van der Waals surface area contributed by atoms with Gasteiger partial charge in [0, 0.05) is 43.2 Å². The van der Waals surface area contributed by atoms with E-state index in [1.54, 1.807) is 17.0 Å². The number of rotatable bonds is 4. The highest BCUT2D eigenvalue weighted by Gasteiger charge is 2.41. The van der Waals surface area contributed by atoms with Crippen LogP contribution in [0.1, 0.15) is 31.2 Å². The number of hydrogen-bond donors (Lipinski definition) is 0. The Balaban J connectivity index is 1.51. The molecule has 3 rings (SSSR count). The van der Waals surface area contributed by atoms with Crippen LogP contribution in [0.3, 0.4) is 0 Å². The zero-order valence-corrected chi connectivity index (χ0v) is 15.7. The maximum Gasteiger partial charge on any atom is 0.410 e. The smallest absolute Gasteiger partial charge is 0.410 e. The summed E-state index contributed by atoms with van der Waals surface area (Å²) in [5, 5.41) is 0.604. The SMILES string of the molecule is C=CCN1CC2(CCC1=O)CCN(C(=O)OCc1ccccc1Cl)CC2. The van der Waals surface area contributed by atoms with E-state index in [1.807, 2.05) is 23.1 Å². The number of likely N-dealkylation sites (tertiary alicyclic amines) is 2. The molecular formula is C20H25ClN2O3. The molecule has 2 amide bonds. The number of ether oxygens (including phenoxy) is 1. The second-order valence-corrected chi connectivity index (χ2v) is 7.60. The number of amides is 2. The van der Waals surface area contributed by atoms with Gasteiger partial charge in [0.1, 0.15) is 6.61 Å². The van der Waals surface area contributed by atoms with Crippen LogP contribution >= 0.6 is 11.6 Å². The lowest BCUT2D eigenvalue weighted by Crippen LogP contribution is -2.52. The molecule has 0 aliphatic carbocycles. The highest BCUT2D eigenvalue weighted by molar-refractivity contribution is 6.31. The molecule has 0 bridgehead atoms. The van der Waals surface area contributed by atoms with E-state index in [0.717, 1.165) is 31.4 Å². The van der Waals surface area contributed by atoms with Gasteiger partial charge in [0.25, 0.3) is 0 Å². The standard InChI is InChI=1S/C20H25ClN2O3/c1-2-11-23-15-20(8-7-18(23)24)9-12-22(13-10-20)19(25)26-14-16-5-3-4-6-17(16)21/h2-6H,1,7-15H2. The predicted octanol–water partition coefficient (Wildman–Crippen LogP) is 3.87. The van der Waals surface area contributed by atoms with Gasteiger partial charge in [-0.3, -0.25) is 4.79 Å². The molecule has 1 aromatic rings. The highest BCUT2D eigenvalue weighted by atomic mass is 35.5. The Bertz CT molecular complexity index is 683. The van der Waals surface area contributed by atoms with Crippen molar-refractivity contribution in [3.63, 3.8) is 0 Å². The van der Waals surface area contributed by atoms with Gasteiger partial charge in [0.2, 0.25) is 5.91 Å². The molecule has 0 radical (unpaired) electrons. The molecule has 5 nitrogen and oxygen atoms in total. The van der Waals surface area contributed by atoms with Crippen molar-refractivity contribution in [2.24, 2.45) is 5.41 Å². The van der Waals surface area contributed by atoms with Crippen LogP contribution < -0.4 is 0 Å². The van der Waals surface area contributed by atoms with Gasteiger partial charge in [0.05, 0.1) is 0 Å². The second kappa shape index (κ2) is 8.12. The average Bonchev–Trinajstić information content (AvgIpc) is 2.65.